The summed E-state index contributed by atoms with van der Waals surface area (Å²) in [5, 5.41) is 13.5. The van der Waals surface area contributed by atoms with E-state index in [9.17, 15) is 14.9 Å². The number of non-ortho nitro benzene ring substituents is 1. The number of aryl methyl sites for hydroxylation is 1. The van der Waals surface area contributed by atoms with Crippen LogP contribution < -0.4 is 14.8 Å². The number of nitro benzene ring substituents is 1. The zero-order valence-electron chi connectivity index (χ0n) is 13.6. The molecule has 2 aromatic carbocycles. The Morgan fingerprint density at radius 1 is 1.21 bits per heavy atom. The standard InChI is InChI=1S/C17H18N2O5/c1-11-7-8-13(19(21)22)9-16(11)18-17(20)12(2)24-15-6-4-5-14(10-15)23-3/h4-10,12H,1-3H3,(H,18,20)/t12-/m0/s1. The van der Waals surface area contributed by atoms with Crippen molar-refractivity contribution >= 4 is 17.3 Å². The zero-order valence-corrected chi connectivity index (χ0v) is 13.6. The number of carbonyl (C=O) groups excluding carboxylic acids is 1. The molecule has 0 spiro atoms. The average Bonchev–Trinajstić information content (AvgIpc) is 2.56. The molecule has 0 heterocycles. The van der Waals surface area contributed by atoms with Gasteiger partial charge in [-0.3, -0.25) is 14.9 Å². The molecule has 0 saturated heterocycles. The molecule has 0 aliphatic rings. The zero-order chi connectivity index (χ0) is 17.7. The molecule has 2 rings (SSSR count). The highest BCUT2D eigenvalue weighted by Crippen LogP contribution is 2.23. The van der Waals surface area contributed by atoms with Gasteiger partial charge in [0.15, 0.2) is 6.10 Å². The summed E-state index contributed by atoms with van der Waals surface area (Å²) in [5.41, 5.74) is 1.02. The van der Waals surface area contributed by atoms with Crippen LogP contribution in [0.4, 0.5) is 11.4 Å². The molecular weight excluding hydrogens is 312 g/mol. The van der Waals surface area contributed by atoms with Crippen molar-refractivity contribution in [2.45, 2.75) is 20.0 Å². The maximum Gasteiger partial charge on any atom is 0.271 e. The Morgan fingerprint density at radius 2 is 1.92 bits per heavy atom. The van der Waals surface area contributed by atoms with Crippen LogP contribution in [0.3, 0.4) is 0 Å². The fraction of sp³-hybridized carbons (Fsp3) is 0.235. The van der Waals surface area contributed by atoms with Crippen molar-refractivity contribution in [3.8, 4) is 11.5 Å². The van der Waals surface area contributed by atoms with Gasteiger partial charge in [-0.15, -0.1) is 0 Å². The summed E-state index contributed by atoms with van der Waals surface area (Å²) >= 11 is 0. The Labute approximate surface area is 139 Å². The SMILES string of the molecule is COc1cccc(O[C@@H](C)C(=O)Nc2cc([N+](=O)[O-])ccc2C)c1. The highest BCUT2D eigenvalue weighted by molar-refractivity contribution is 5.95. The Kier molecular flexibility index (Phi) is 5.36. The number of ether oxygens (including phenoxy) is 2. The second-order valence-electron chi connectivity index (χ2n) is 5.18. The van der Waals surface area contributed by atoms with Gasteiger partial charge in [-0.2, -0.15) is 0 Å². The minimum absolute atomic E-state index is 0.0859. The molecule has 0 aliphatic carbocycles. The van der Waals surface area contributed by atoms with Gasteiger partial charge >= 0.3 is 0 Å². The summed E-state index contributed by atoms with van der Waals surface area (Å²) in [7, 11) is 1.54. The molecule has 126 valence electrons. The molecule has 0 aliphatic heterocycles. The van der Waals surface area contributed by atoms with E-state index in [1.807, 2.05) is 0 Å². The number of nitrogens with zero attached hydrogens (tertiary/aromatic N) is 1. The molecule has 1 N–H and O–H groups in total. The quantitative estimate of drug-likeness (QED) is 0.648. The number of benzene rings is 2. The van der Waals surface area contributed by atoms with Crippen molar-refractivity contribution in [2.24, 2.45) is 0 Å². The van der Waals surface area contributed by atoms with Crippen molar-refractivity contribution in [1.82, 2.24) is 0 Å². The van der Waals surface area contributed by atoms with Gasteiger partial charge in [-0.1, -0.05) is 12.1 Å². The lowest BCUT2D eigenvalue weighted by atomic mass is 10.1. The topological polar surface area (TPSA) is 90.7 Å². The molecule has 0 unspecified atom stereocenters. The Morgan fingerprint density at radius 3 is 2.58 bits per heavy atom. The van der Waals surface area contributed by atoms with E-state index in [0.717, 1.165) is 5.56 Å². The molecular formula is C17H18N2O5. The molecule has 1 amide bonds. The number of methoxy groups -OCH3 is 1. The van der Waals surface area contributed by atoms with Gasteiger partial charge in [0.25, 0.3) is 11.6 Å². The van der Waals surface area contributed by atoms with Gasteiger partial charge in [0.05, 0.1) is 17.7 Å². The van der Waals surface area contributed by atoms with Crippen LogP contribution in [-0.4, -0.2) is 24.0 Å². The van der Waals surface area contributed by atoms with E-state index in [0.29, 0.717) is 17.2 Å². The molecule has 7 nitrogen and oxygen atoms in total. The van der Waals surface area contributed by atoms with Crippen LogP contribution in [-0.2, 0) is 4.79 Å². The normalized spacial score (nSPS) is 11.5. The first-order chi connectivity index (χ1) is 11.4. The van der Waals surface area contributed by atoms with Crippen molar-refractivity contribution in [2.75, 3.05) is 12.4 Å². The average molecular weight is 330 g/mol. The van der Waals surface area contributed by atoms with Gasteiger partial charge in [-0.25, -0.2) is 0 Å². The molecule has 2 aromatic rings. The monoisotopic (exact) mass is 330 g/mol. The number of nitro groups is 1. The maximum atomic E-state index is 12.3. The third-order valence-electron chi connectivity index (χ3n) is 3.41. The second kappa shape index (κ2) is 7.45. The van der Waals surface area contributed by atoms with E-state index in [2.05, 4.69) is 5.32 Å². The molecule has 0 saturated carbocycles. The summed E-state index contributed by atoms with van der Waals surface area (Å²) in [5.74, 6) is 0.712. The number of nitrogens with one attached hydrogen (secondary N) is 1. The fourth-order valence-corrected chi connectivity index (χ4v) is 2.02. The first-order valence-electron chi connectivity index (χ1n) is 7.27. The number of hydrogen-bond donors (Lipinski definition) is 1. The van der Waals surface area contributed by atoms with Crippen molar-refractivity contribution in [1.29, 1.82) is 0 Å². The van der Waals surface area contributed by atoms with Crippen LogP contribution in [0.1, 0.15) is 12.5 Å². The highest BCUT2D eigenvalue weighted by atomic mass is 16.6. The van der Waals surface area contributed by atoms with Gasteiger partial charge in [0.2, 0.25) is 0 Å². The lowest BCUT2D eigenvalue weighted by molar-refractivity contribution is -0.384. The van der Waals surface area contributed by atoms with Crippen LogP contribution in [0, 0.1) is 17.0 Å². The van der Waals surface area contributed by atoms with Crippen LogP contribution in [0.2, 0.25) is 0 Å². The summed E-state index contributed by atoms with van der Waals surface area (Å²) < 4.78 is 10.7. The van der Waals surface area contributed by atoms with Crippen LogP contribution >= 0.6 is 0 Å². The van der Waals surface area contributed by atoms with E-state index in [1.54, 1.807) is 51.3 Å². The van der Waals surface area contributed by atoms with Crippen molar-refractivity contribution < 1.29 is 19.2 Å². The van der Waals surface area contributed by atoms with Crippen LogP contribution in [0.5, 0.6) is 11.5 Å². The van der Waals surface area contributed by atoms with E-state index in [4.69, 9.17) is 9.47 Å². The van der Waals surface area contributed by atoms with E-state index >= 15 is 0 Å². The number of carbonyl (C=O) groups is 1. The number of hydrogen-bond acceptors (Lipinski definition) is 5. The van der Waals surface area contributed by atoms with Gasteiger partial charge in [0.1, 0.15) is 11.5 Å². The molecule has 24 heavy (non-hydrogen) atoms. The first kappa shape index (κ1) is 17.3. The maximum absolute atomic E-state index is 12.3. The Balaban J connectivity index is 2.08. The predicted molar refractivity (Wildman–Crippen MR) is 89.5 cm³/mol. The highest BCUT2D eigenvalue weighted by Gasteiger charge is 2.17. The molecule has 7 heteroatoms. The summed E-state index contributed by atoms with van der Waals surface area (Å²) in [4.78, 5) is 22.6. The largest absolute Gasteiger partial charge is 0.497 e. The lowest BCUT2D eigenvalue weighted by Crippen LogP contribution is -2.30. The third kappa shape index (κ3) is 4.22. The molecule has 0 aromatic heterocycles. The minimum Gasteiger partial charge on any atom is -0.497 e. The Bertz CT molecular complexity index is 760. The first-order valence-corrected chi connectivity index (χ1v) is 7.27. The minimum atomic E-state index is -0.782. The van der Waals surface area contributed by atoms with Gasteiger partial charge in [0, 0.05) is 18.2 Å². The second-order valence-corrected chi connectivity index (χ2v) is 5.18. The van der Waals surface area contributed by atoms with Gasteiger partial charge < -0.3 is 14.8 Å². The summed E-state index contributed by atoms with van der Waals surface area (Å²) in [6.07, 6.45) is -0.782. The third-order valence-corrected chi connectivity index (χ3v) is 3.41. The van der Waals surface area contributed by atoms with Crippen LogP contribution in [0.15, 0.2) is 42.5 Å². The van der Waals surface area contributed by atoms with Crippen LogP contribution in [0.25, 0.3) is 0 Å². The van der Waals surface area contributed by atoms with E-state index in [-0.39, 0.29) is 5.69 Å². The van der Waals surface area contributed by atoms with Gasteiger partial charge in [-0.05, 0) is 31.5 Å². The molecule has 0 bridgehead atoms. The molecule has 1 atom stereocenters. The number of anilines is 1. The summed E-state index contributed by atoms with van der Waals surface area (Å²) in [6, 6.07) is 11.2. The number of rotatable bonds is 6. The fourth-order valence-electron chi connectivity index (χ4n) is 2.02. The van der Waals surface area contributed by atoms with Crippen molar-refractivity contribution in [3.63, 3.8) is 0 Å². The van der Waals surface area contributed by atoms with E-state index in [1.165, 1.54) is 12.1 Å². The predicted octanol–water partition coefficient (Wildman–Crippen LogP) is 3.32. The smallest absolute Gasteiger partial charge is 0.271 e. The van der Waals surface area contributed by atoms with E-state index < -0.39 is 16.9 Å². The Hall–Kier alpha value is -3.09. The molecule has 0 fully saturated rings. The van der Waals surface area contributed by atoms with Crippen molar-refractivity contribution in [3.05, 3.63) is 58.1 Å². The lowest BCUT2D eigenvalue weighted by Gasteiger charge is -2.16. The molecule has 0 radical (unpaired) electrons. The number of amides is 1. The summed E-state index contributed by atoms with van der Waals surface area (Å²) in [6.45, 7) is 3.36.